The van der Waals surface area contributed by atoms with Crippen LogP contribution in [0.25, 0.3) is 0 Å². The van der Waals surface area contributed by atoms with E-state index in [4.69, 9.17) is 0 Å². The SMILES string of the molecule is CC(C)C1CSCCCN1C(C)C. The molecule has 0 aromatic carbocycles. The van der Waals surface area contributed by atoms with Crippen molar-refractivity contribution in [2.45, 2.75) is 46.2 Å². The third-order valence-electron chi connectivity index (χ3n) is 2.85. The van der Waals surface area contributed by atoms with Crippen molar-refractivity contribution in [2.24, 2.45) is 5.92 Å². The minimum Gasteiger partial charge on any atom is -0.297 e. The lowest BCUT2D eigenvalue weighted by Crippen LogP contribution is -2.44. The minimum absolute atomic E-state index is 0.714. The van der Waals surface area contributed by atoms with Gasteiger partial charge in [0.2, 0.25) is 0 Å². The van der Waals surface area contributed by atoms with Gasteiger partial charge in [-0.3, -0.25) is 4.90 Å². The Hall–Kier alpha value is 0.310. The Balaban J connectivity index is 2.61. The van der Waals surface area contributed by atoms with E-state index in [1.54, 1.807) is 0 Å². The fraction of sp³-hybridized carbons (Fsp3) is 1.00. The molecule has 1 saturated heterocycles. The molecule has 0 radical (unpaired) electrons. The molecular weight excluding hydrogens is 178 g/mol. The monoisotopic (exact) mass is 201 g/mol. The second-order valence-corrected chi connectivity index (χ2v) is 5.72. The Morgan fingerprint density at radius 1 is 1.23 bits per heavy atom. The van der Waals surface area contributed by atoms with Crippen molar-refractivity contribution in [1.29, 1.82) is 0 Å². The van der Waals surface area contributed by atoms with Gasteiger partial charge in [0, 0.05) is 17.8 Å². The van der Waals surface area contributed by atoms with Gasteiger partial charge in [-0.2, -0.15) is 11.8 Å². The maximum Gasteiger partial charge on any atom is 0.0212 e. The summed E-state index contributed by atoms with van der Waals surface area (Å²) in [6.45, 7) is 10.7. The van der Waals surface area contributed by atoms with Crippen LogP contribution in [0.5, 0.6) is 0 Å². The zero-order valence-corrected chi connectivity index (χ0v) is 10.2. The molecule has 0 aliphatic carbocycles. The van der Waals surface area contributed by atoms with Crippen LogP contribution >= 0.6 is 11.8 Å². The smallest absolute Gasteiger partial charge is 0.0212 e. The lowest BCUT2D eigenvalue weighted by atomic mass is 10.0. The molecule has 0 bridgehead atoms. The molecular formula is C11H23NS. The van der Waals surface area contributed by atoms with Gasteiger partial charge >= 0.3 is 0 Å². The average molecular weight is 201 g/mol. The third kappa shape index (κ3) is 3.17. The molecule has 1 unspecified atom stereocenters. The molecule has 0 aromatic rings. The van der Waals surface area contributed by atoms with Gasteiger partial charge in [-0.15, -0.1) is 0 Å². The van der Waals surface area contributed by atoms with Crippen LogP contribution < -0.4 is 0 Å². The number of hydrogen-bond acceptors (Lipinski definition) is 2. The summed E-state index contributed by atoms with van der Waals surface area (Å²) in [5, 5.41) is 0. The second-order valence-electron chi connectivity index (χ2n) is 4.57. The van der Waals surface area contributed by atoms with Gasteiger partial charge in [0.05, 0.1) is 0 Å². The number of thioether (sulfide) groups is 1. The number of hydrogen-bond donors (Lipinski definition) is 0. The zero-order chi connectivity index (χ0) is 9.84. The van der Waals surface area contributed by atoms with E-state index in [2.05, 4.69) is 44.4 Å². The molecule has 0 spiro atoms. The Bertz CT molecular complexity index is 129. The summed E-state index contributed by atoms with van der Waals surface area (Å²) < 4.78 is 0. The predicted molar refractivity (Wildman–Crippen MR) is 62.4 cm³/mol. The molecule has 0 N–H and O–H groups in total. The number of rotatable bonds is 2. The summed E-state index contributed by atoms with van der Waals surface area (Å²) in [6, 6.07) is 1.51. The first-order valence-electron chi connectivity index (χ1n) is 5.46. The van der Waals surface area contributed by atoms with Crippen LogP contribution in [0.2, 0.25) is 0 Å². The van der Waals surface area contributed by atoms with E-state index in [0.717, 1.165) is 12.0 Å². The molecule has 13 heavy (non-hydrogen) atoms. The maximum atomic E-state index is 2.69. The van der Waals surface area contributed by atoms with Gasteiger partial charge in [-0.25, -0.2) is 0 Å². The van der Waals surface area contributed by atoms with E-state index in [-0.39, 0.29) is 0 Å². The van der Waals surface area contributed by atoms with Crippen molar-refractivity contribution < 1.29 is 0 Å². The second kappa shape index (κ2) is 5.26. The zero-order valence-electron chi connectivity index (χ0n) is 9.42. The first kappa shape index (κ1) is 11.4. The molecule has 0 amide bonds. The Morgan fingerprint density at radius 3 is 2.46 bits per heavy atom. The highest BCUT2D eigenvalue weighted by atomic mass is 32.2. The molecule has 0 aromatic heterocycles. The van der Waals surface area contributed by atoms with E-state index in [1.165, 1.54) is 24.5 Å². The lowest BCUT2D eigenvalue weighted by Gasteiger charge is -2.35. The van der Waals surface area contributed by atoms with Crippen LogP contribution in [0.4, 0.5) is 0 Å². The molecule has 1 fully saturated rings. The van der Waals surface area contributed by atoms with Crippen LogP contribution in [0.15, 0.2) is 0 Å². The van der Waals surface area contributed by atoms with Crippen LogP contribution in [-0.2, 0) is 0 Å². The van der Waals surface area contributed by atoms with Gasteiger partial charge in [0.15, 0.2) is 0 Å². The van der Waals surface area contributed by atoms with E-state index in [9.17, 15) is 0 Å². The summed E-state index contributed by atoms with van der Waals surface area (Å²) >= 11 is 2.13. The highest BCUT2D eigenvalue weighted by molar-refractivity contribution is 7.99. The van der Waals surface area contributed by atoms with Gasteiger partial charge in [-0.1, -0.05) is 13.8 Å². The highest BCUT2D eigenvalue weighted by Gasteiger charge is 2.25. The largest absolute Gasteiger partial charge is 0.297 e. The summed E-state index contributed by atoms with van der Waals surface area (Å²) in [6.07, 6.45) is 1.37. The summed E-state index contributed by atoms with van der Waals surface area (Å²) in [5.74, 6) is 3.48. The molecule has 1 aliphatic heterocycles. The van der Waals surface area contributed by atoms with Crippen molar-refractivity contribution >= 4 is 11.8 Å². The topological polar surface area (TPSA) is 3.24 Å². The standard InChI is InChI=1S/C11H23NS/c1-9(2)11-8-13-7-5-6-12(11)10(3)4/h9-11H,5-8H2,1-4H3. The Labute approximate surface area is 87.3 Å². The number of nitrogens with zero attached hydrogens (tertiary/aromatic N) is 1. The first-order valence-corrected chi connectivity index (χ1v) is 6.62. The quantitative estimate of drug-likeness (QED) is 0.676. The van der Waals surface area contributed by atoms with Gasteiger partial charge in [0.25, 0.3) is 0 Å². The van der Waals surface area contributed by atoms with Gasteiger partial charge < -0.3 is 0 Å². The highest BCUT2D eigenvalue weighted by Crippen LogP contribution is 2.23. The summed E-state index contributed by atoms with van der Waals surface area (Å²) in [4.78, 5) is 2.69. The van der Waals surface area contributed by atoms with Crippen LogP contribution in [0.1, 0.15) is 34.1 Å². The van der Waals surface area contributed by atoms with E-state index in [0.29, 0.717) is 6.04 Å². The molecule has 1 rings (SSSR count). The Morgan fingerprint density at radius 2 is 1.92 bits per heavy atom. The minimum atomic E-state index is 0.714. The van der Waals surface area contributed by atoms with Crippen molar-refractivity contribution in [3.05, 3.63) is 0 Å². The van der Waals surface area contributed by atoms with Gasteiger partial charge in [-0.05, 0) is 38.5 Å². The van der Waals surface area contributed by atoms with Gasteiger partial charge in [0.1, 0.15) is 0 Å². The van der Waals surface area contributed by atoms with Crippen LogP contribution in [-0.4, -0.2) is 35.0 Å². The fourth-order valence-corrected chi connectivity index (χ4v) is 3.35. The van der Waals surface area contributed by atoms with Crippen molar-refractivity contribution in [1.82, 2.24) is 4.90 Å². The molecule has 1 nitrogen and oxygen atoms in total. The fourth-order valence-electron chi connectivity index (χ4n) is 2.03. The molecule has 78 valence electrons. The molecule has 1 aliphatic rings. The molecule has 1 heterocycles. The molecule has 1 atom stereocenters. The lowest BCUT2D eigenvalue weighted by molar-refractivity contribution is 0.137. The van der Waals surface area contributed by atoms with Crippen LogP contribution in [0, 0.1) is 5.92 Å². The third-order valence-corrected chi connectivity index (χ3v) is 4.01. The maximum absolute atomic E-state index is 2.69. The molecule has 2 heteroatoms. The van der Waals surface area contributed by atoms with Crippen molar-refractivity contribution in [3.63, 3.8) is 0 Å². The Kier molecular flexibility index (Phi) is 4.60. The van der Waals surface area contributed by atoms with E-state index >= 15 is 0 Å². The van der Waals surface area contributed by atoms with E-state index in [1.807, 2.05) is 0 Å². The van der Waals surface area contributed by atoms with Crippen molar-refractivity contribution in [2.75, 3.05) is 18.1 Å². The first-order chi connectivity index (χ1) is 6.13. The van der Waals surface area contributed by atoms with E-state index < -0.39 is 0 Å². The van der Waals surface area contributed by atoms with Crippen molar-refractivity contribution in [3.8, 4) is 0 Å². The van der Waals surface area contributed by atoms with Crippen LogP contribution in [0.3, 0.4) is 0 Å². The predicted octanol–water partition coefficient (Wildman–Crippen LogP) is 2.86. The normalized spacial score (nSPS) is 26.8. The molecule has 0 saturated carbocycles. The summed E-state index contributed by atoms with van der Waals surface area (Å²) in [5.41, 5.74) is 0. The summed E-state index contributed by atoms with van der Waals surface area (Å²) in [7, 11) is 0. The average Bonchev–Trinajstić information content (AvgIpc) is 2.27.